The highest BCUT2D eigenvalue weighted by Gasteiger charge is 2.14. The van der Waals surface area contributed by atoms with Crippen molar-refractivity contribution in [3.8, 4) is 17.0 Å². The van der Waals surface area contributed by atoms with Gasteiger partial charge in [0.15, 0.2) is 0 Å². The Hall–Kier alpha value is -2.63. The van der Waals surface area contributed by atoms with Gasteiger partial charge in [-0.3, -0.25) is 0 Å². The number of hydrogen-bond acceptors (Lipinski definition) is 5. The second-order valence-electron chi connectivity index (χ2n) is 8.54. The Morgan fingerprint density at radius 3 is 2.65 bits per heavy atom. The van der Waals surface area contributed by atoms with Gasteiger partial charge in [-0.2, -0.15) is 0 Å². The van der Waals surface area contributed by atoms with E-state index < -0.39 is 0 Å². The van der Waals surface area contributed by atoms with E-state index in [-0.39, 0.29) is 0 Å². The summed E-state index contributed by atoms with van der Waals surface area (Å²) in [6, 6.07) is 18.6. The van der Waals surface area contributed by atoms with Crippen molar-refractivity contribution in [2.45, 2.75) is 19.3 Å². The van der Waals surface area contributed by atoms with Gasteiger partial charge in [-0.15, -0.1) is 0 Å². The van der Waals surface area contributed by atoms with Crippen molar-refractivity contribution in [3.63, 3.8) is 0 Å². The first-order valence-corrected chi connectivity index (χ1v) is 11.4. The predicted octanol–water partition coefficient (Wildman–Crippen LogP) is 4.64. The van der Waals surface area contributed by atoms with E-state index in [4.69, 9.17) is 9.72 Å². The zero-order valence-electron chi connectivity index (χ0n) is 18.7. The van der Waals surface area contributed by atoms with Crippen molar-refractivity contribution in [3.05, 3.63) is 54.6 Å². The molecular weight excluding hydrogens is 384 g/mol. The summed E-state index contributed by atoms with van der Waals surface area (Å²) in [6.07, 6.45) is 3.73. The SMILES string of the molecule is COc1ccc(-c2cc(NCCCN(C)CC3CCNCC3)c3ccccc3n2)cc1. The van der Waals surface area contributed by atoms with Gasteiger partial charge < -0.3 is 20.3 Å². The maximum absolute atomic E-state index is 5.29. The zero-order valence-corrected chi connectivity index (χ0v) is 18.7. The molecule has 4 rings (SSSR count). The van der Waals surface area contributed by atoms with Gasteiger partial charge in [-0.05, 0) is 88.3 Å². The Morgan fingerprint density at radius 1 is 1.10 bits per heavy atom. The number of ether oxygens (including phenoxy) is 1. The zero-order chi connectivity index (χ0) is 21.5. The minimum Gasteiger partial charge on any atom is -0.497 e. The maximum Gasteiger partial charge on any atom is 0.118 e. The third-order valence-electron chi connectivity index (χ3n) is 6.16. The van der Waals surface area contributed by atoms with Gasteiger partial charge in [-0.1, -0.05) is 18.2 Å². The van der Waals surface area contributed by atoms with Crippen molar-refractivity contribution < 1.29 is 4.74 Å². The molecule has 2 N–H and O–H groups in total. The maximum atomic E-state index is 5.29. The van der Waals surface area contributed by atoms with Crippen LogP contribution in [0.4, 0.5) is 5.69 Å². The van der Waals surface area contributed by atoms with E-state index in [1.807, 2.05) is 18.2 Å². The quantitative estimate of drug-likeness (QED) is 0.496. The first-order valence-electron chi connectivity index (χ1n) is 11.4. The van der Waals surface area contributed by atoms with E-state index >= 15 is 0 Å². The Labute approximate surface area is 185 Å². The van der Waals surface area contributed by atoms with Crippen LogP contribution >= 0.6 is 0 Å². The predicted molar refractivity (Wildman–Crippen MR) is 130 cm³/mol. The Kier molecular flexibility index (Phi) is 7.39. The molecule has 1 aliphatic heterocycles. The average Bonchev–Trinajstić information content (AvgIpc) is 2.82. The summed E-state index contributed by atoms with van der Waals surface area (Å²) in [6.45, 7) is 5.62. The lowest BCUT2D eigenvalue weighted by molar-refractivity contribution is 0.240. The number of benzene rings is 2. The van der Waals surface area contributed by atoms with Gasteiger partial charge in [0.25, 0.3) is 0 Å². The molecule has 0 aliphatic carbocycles. The van der Waals surface area contributed by atoms with E-state index in [1.54, 1.807) is 7.11 Å². The first-order chi connectivity index (χ1) is 15.2. The van der Waals surface area contributed by atoms with Crippen LogP contribution in [0.5, 0.6) is 5.75 Å². The van der Waals surface area contributed by atoms with Gasteiger partial charge in [0, 0.05) is 29.7 Å². The molecule has 2 aromatic carbocycles. The fourth-order valence-electron chi connectivity index (χ4n) is 4.40. The third-order valence-corrected chi connectivity index (χ3v) is 6.16. The van der Waals surface area contributed by atoms with E-state index in [0.29, 0.717) is 0 Å². The average molecular weight is 419 g/mol. The van der Waals surface area contributed by atoms with Gasteiger partial charge in [-0.25, -0.2) is 4.98 Å². The summed E-state index contributed by atoms with van der Waals surface area (Å²) in [4.78, 5) is 7.38. The highest BCUT2D eigenvalue weighted by atomic mass is 16.5. The second-order valence-corrected chi connectivity index (χ2v) is 8.54. The molecule has 0 bridgehead atoms. The third kappa shape index (κ3) is 5.75. The first kappa shape index (κ1) is 21.6. The number of fused-ring (bicyclic) bond motifs is 1. The molecule has 3 aromatic rings. The van der Waals surface area contributed by atoms with Crippen molar-refractivity contribution in [1.82, 2.24) is 15.2 Å². The van der Waals surface area contributed by atoms with E-state index in [2.05, 4.69) is 59.0 Å². The lowest BCUT2D eigenvalue weighted by Gasteiger charge is -2.27. The number of anilines is 1. The van der Waals surface area contributed by atoms with E-state index in [1.165, 1.54) is 37.9 Å². The second kappa shape index (κ2) is 10.6. The highest BCUT2D eigenvalue weighted by molar-refractivity contribution is 5.93. The van der Waals surface area contributed by atoms with Crippen LogP contribution in [0.2, 0.25) is 0 Å². The molecule has 1 aromatic heterocycles. The molecule has 164 valence electrons. The van der Waals surface area contributed by atoms with Crippen LogP contribution in [-0.4, -0.2) is 56.8 Å². The van der Waals surface area contributed by atoms with Gasteiger partial charge in [0.1, 0.15) is 5.75 Å². The number of nitrogens with zero attached hydrogens (tertiary/aromatic N) is 2. The van der Waals surface area contributed by atoms with Crippen LogP contribution in [0.3, 0.4) is 0 Å². The number of methoxy groups -OCH3 is 1. The number of hydrogen-bond donors (Lipinski definition) is 2. The smallest absolute Gasteiger partial charge is 0.118 e. The van der Waals surface area contributed by atoms with Crippen molar-refractivity contribution in [2.24, 2.45) is 5.92 Å². The summed E-state index contributed by atoms with van der Waals surface area (Å²) in [5, 5.41) is 8.30. The summed E-state index contributed by atoms with van der Waals surface area (Å²) >= 11 is 0. The van der Waals surface area contributed by atoms with Crippen molar-refractivity contribution >= 4 is 16.6 Å². The molecule has 2 heterocycles. The number of aromatic nitrogens is 1. The summed E-state index contributed by atoms with van der Waals surface area (Å²) in [5.41, 5.74) is 4.24. The molecule has 0 radical (unpaired) electrons. The van der Waals surface area contributed by atoms with Crippen LogP contribution in [-0.2, 0) is 0 Å². The monoisotopic (exact) mass is 418 g/mol. The van der Waals surface area contributed by atoms with Crippen LogP contribution in [0.15, 0.2) is 54.6 Å². The molecule has 0 unspecified atom stereocenters. The van der Waals surface area contributed by atoms with Crippen molar-refractivity contribution in [1.29, 1.82) is 0 Å². The summed E-state index contributed by atoms with van der Waals surface area (Å²) in [5.74, 6) is 1.70. The minimum absolute atomic E-state index is 0.843. The molecule has 0 spiro atoms. The molecule has 5 heteroatoms. The lowest BCUT2D eigenvalue weighted by Crippen LogP contribution is -2.35. The molecule has 31 heavy (non-hydrogen) atoms. The standard InChI is InChI=1S/C26H34N4O/c1-30(19-20-12-15-27-16-13-20)17-5-14-28-26-18-25(21-8-10-22(31-2)11-9-21)29-24-7-4-3-6-23(24)26/h3-4,6-11,18,20,27H,5,12-17,19H2,1-2H3,(H,28,29). The molecule has 0 amide bonds. The van der Waals surface area contributed by atoms with Gasteiger partial charge in [0.2, 0.25) is 0 Å². The van der Waals surface area contributed by atoms with Crippen LogP contribution in [0.25, 0.3) is 22.2 Å². The van der Waals surface area contributed by atoms with Crippen LogP contribution < -0.4 is 15.4 Å². The van der Waals surface area contributed by atoms with Crippen LogP contribution in [0, 0.1) is 5.92 Å². The Bertz CT molecular complexity index is 967. The fraction of sp³-hybridized carbons (Fsp3) is 0.423. The highest BCUT2D eigenvalue weighted by Crippen LogP contribution is 2.29. The number of nitrogens with one attached hydrogen (secondary N) is 2. The molecule has 1 saturated heterocycles. The van der Waals surface area contributed by atoms with Gasteiger partial charge >= 0.3 is 0 Å². The van der Waals surface area contributed by atoms with E-state index in [0.717, 1.165) is 53.6 Å². The Balaban J connectivity index is 1.40. The minimum atomic E-state index is 0.843. The lowest BCUT2D eigenvalue weighted by atomic mass is 9.98. The summed E-state index contributed by atoms with van der Waals surface area (Å²) < 4.78 is 5.29. The number of pyridine rings is 1. The largest absolute Gasteiger partial charge is 0.497 e. The molecule has 0 atom stereocenters. The normalized spacial score (nSPS) is 14.8. The van der Waals surface area contributed by atoms with Crippen LogP contribution in [0.1, 0.15) is 19.3 Å². The molecular formula is C26H34N4O. The molecule has 1 aliphatic rings. The Morgan fingerprint density at radius 2 is 1.87 bits per heavy atom. The van der Waals surface area contributed by atoms with Gasteiger partial charge in [0.05, 0.1) is 18.3 Å². The van der Waals surface area contributed by atoms with E-state index in [9.17, 15) is 0 Å². The molecule has 0 saturated carbocycles. The number of rotatable bonds is 9. The fourth-order valence-corrected chi connectivity index (χ4v) is 4.40. The number of para-hydroxylation sites is 1. The molecule has 1 fully saturated rings. The molecule has 5 nitrogen and oxygen atoms in total. The summed E-state index contributed by atoms with van der Waals surface area (Å²) in [7, 11) is 3.95. The topological polar surface area (TPSA) is 49.4 Å². The van der Waals surface area contributed by atoms with Crippen molar-refractivity contribution in [2.75, 3.05) is 52.2 Å². The number of piperidine rings is 1.